The summed E-state index contributed by atoms with van der Waals surface area (Å²) >= 11 is 1.29. The molecule has 3 rings (SSSR count). The highest BCUT2D eigenvalue weighted by atomic mass is 32.2. The van der Waals surface area contributed by atoms with Gasteiger partial charge in [0.1, 0.15) is 11.0 Å². The second kappa shape index (κ2) is 11.1. The highest BCUT2D eigenvalue weighted by molar-refractivity contribution is 7.91. The number of sulfone groups is 1. The Morgan fingerprint density at radius 1 is 0.970 bits per heavy atom. The Morgan fingerprint density at radius 3 is 2.24 bits per heavy atom. The molecular weight excluding hydrogens is 460 g/mol. The molecular formula is C24H26N2O5S2. The number of benzene rings is 2. The van der Waals surface area contributed by atoms with Crippen molar-refractivity contribution in [2.75, 3.05) is 20.2 Å². The fourth-order valence-electron chi connectivity index (χ4n) is 3.19. The number of amides is 2. The SMILES string of the molecule is COc1ccc(CCNC(=O)C(=O)NC[C@H](c2cccs2)S(=O)(=O)c2ccc(C)cc2)cc1. The molecule has 0 bridgehead atoms. The van der Waals surface area contributed by atoms with E-state index in [1.807, 2.05) is 31.2 Å². The lowest BCUT2D eigenvalue weighted by Gasteiger charge is -2.17. The number of hydrogen-bond donors (Lipinski definition) is 2. The number of rotatable bonds is 9. The Balaban J connectivity index is 1.60. The van der Waals surface area contributed by atoms with Crippen molar-refractivity contribution in [3.63, 3.8) is 0 Å². The van der Waals surface area contributed by atoms with Crippen molar-refractivity contribution in [1.82, 2.24) is 10.6 Å². The van der Waals surface area contributed by atoms with Crippen LogP contribution in [0.2, 0.25) is 0 Å². The molecule has 0 fully saturated rings. The average molecular weight is 487 g/mol. The van der Waals surface area contributed by atoms with Crippen molar-refractivity contribution in [3.8, 4) is 5.75 Å². The molecule has 0 aliphatic heterocycles. The highest BCUT2D eigenvalue weighted by Crippen LogP contribution is 2.31. The molecule has 0 spiro atoms. The van der Waals surface area contributed by atoms with Crippen LogP contribution in [0.15, 0.2) is 70.9 Å². The Hall–Kier alpha value is -3.17. The van der Waals surface area contributed by atoms with Crippen LogP contribution in [0.1, 0.15) is 21.3 Å². The summed E-state index contributed by atoms with van der Waals surface area (Å²) < 4.78 is 31.6. The van der Waals surface area contributed by atoms with E-state index in [0.29, 0.717) is 11.3 Å². The summed E-state index contributed by atoms with van der Waals surface area (Å²) in [5.74, 6) is -0.936. The van der Waals surface area contributed by atoms with Crippen molar-refractivity contribution in [3.05, 3.63) is 82.0 Å². The molecule has 174 valence electrons. The number of aryl methyl sites for hydroxylation is 1. The van der Waals surface area contributed by atoms with Crippen molar-refractivity contribution in [2.45, 2.75) is 23.5 Å². The normalized spacial score (nSPS) is 12.1. The smallest absolute Gasteiger partial charge is 0.309 e. The number of carbonyl (C=O) groups excluding carboxylic acids is 2. The van der Waals surface area contributed by atoms with Gasteiger partial charge in [-0.3, -0.25) is 9.59 Å². The first-order valence-corrected chi connectivity index (χ1v) is 12.8. The van der Waals surface area contributed by atoms with Crippen LogP contribution < -0.4 is 15.4 Å². The minimum atomic E-state index is -3.77. The summed E-state index contributed by atoms with van der Waals surface area (Å²) in [5.41, 5.74) is 1.93. The lowest BCUT2D eigenvalue weighted by atomic mass is 10.1. The third kappa shape index (κ3) is 6.43. The molecule has 2 aromatic carbocycles. The predicted octanol–water partition coefficient (Wildman–Crippen LogP) is 3.06. The number of nitrogens with one attached hydrogen (secondary N) is 2. The Labute approximate surface area is 197 Å². The van der Waals surface area contributed by atoms with Crippen molar-refractivity contribution in [2.24, 2.45) is 0 Å². The van der Waals surface area contributed by atoms with Gasteiger partial charge < -0.3 is 15.4 Å². The topological polar surface area (TPSA) is 102 Å². The summed E-state index contributed by atoms with van der Waals surface area (Å²) in [5, 5.41) is 5.84. The quantitative estimate of drug-likeness (QED) is 0.453. The van der Waals surface area contributed by atoms with Gasteiger partial charge in [-0.2, -0.15) is 0 Å². The van der Waals surface area contributed by atoms with Crippen LogP contribution in [0, 0.1) is 6.92 Å². The molecule has 2 amide bonds. The molecule has 1 heterocycles. The van der Waals surface area contributed by atoms with Gasteiger partial charge in [0.2, 0.25) is 0 Å². The van der Waals surface area contributed by atoms with Crippen molar-refractivity contribution >= 4 is 33.0 Å². The van der Waals surface area contributed by atoms with Crippen LogP contribution in [-0.4, -0.2) is 40.4 Å². The minimum absolute atomic E-state index is 0.171. The largest absolute Gasteiger partial charge is 0.497 e. The third-order valence-electron chi connectivity index (χ3n) is 5.10. The Morgan fingerprint density at radius 2 is 1.64 bits per heavy atom. The van der Waals surface area contributed by atoms with E-state index in [9.17, 15) is 18.0 Å². The fourth-order valence-corrected chi connectivity index (χ4v) is 5.97. The van der Waals surface area contributed by atoms with Gasteiger partial charge in [-0.15, -0.1) is 11.3 Å². The molecule has 9 heteroatoms. The Bertz CT molecular complexity index is 1170. The lowest BCUT2D eigenvalue weighted by Crippen LogP contribution is -2.42. The van der Waals surface area contributed by atoms with Crippen LogP contribution in [0.4, 0.5) is 0 Å². The molecule has 0 aliphatic rings. The van der Waals surface area contributed by atoms with E-state index < -0.39 is 26.9 Å². The first-order chi connectivity index (χ1) is 15.8. The van der Waals surface area contributed by atoms with Crippen LogP contribution in [0.25, 0.3) is 0 Å². The zero-order chi connectivity index (χ0) is 23.8. The summed E-state index contributed by atoms with van der Waals surface area (Å²) in [6, 6.07) is 17.4. The first-order valence-electron chi connectivity index (χ1n) is 10.3. The monoisotopic (exact) mass is 486 g/mol. The van der Waals surface area contributed by atoms with E-state index in [1.165, 1.54) is 11.3 Å². The number of hydrogen-bond acceptors (Lipinski definition) is 6. The number of thiophene rings is 1. The molecule has 2 N–H and O–H groups in total. The van der Waals surface area contributed by atoms with E-state index in [-0.39, 0.29) is 18.0 Å². The predicted molar refractivity (Wildman–Crippen MR) is 128 cm³/mol. The van der Waals surface area contributed by atoms with Gasteiger partial charge in [-0.05, 0) is 54.6 Å². The zero-order valence-electron chi connectivity index (χ0n) is 18.4. The van der Waals surface area contributed by atoms with Gasteiger partial charge >= 0.3 is 11.8 Å². The maximum Gasteiger partial charge on any atom is 0.309 e. The van der Waals surface area contributed by atoms with Gasteiger partial charge in [0.15, 0.2) is 9.84 Å². The fraction of sp³-hybridized carbons (Fsp3) is 0.250. The maximum atomic E-state index is 13.2. The van der Waals surface area contributed by atoms with E-state index >= 15 is 0 Å². The number of methoxy groups -OCH3 is 1. The van der Waals surface area contributed by atoms with Crippen LogP contribution >= 0.6 is 11.3 Å². The summed E-state index contributed by atoms with van der Waals surface area (Å²) in [4.78, 5) is 25.3. The second-order valence-corrected chi connectivity index (χ2v) is 10.5. The summed E-state index contributed by atoms with van der Waals surface area (Å²) in [6.07, 6.45) is 0.544. The minimum Gasteiger partial charge on any atom is -0.497 e. The Kier molecular flexibility index (Phi) is 8.24. The second-order valence-electron chi connectivity index (χ2n) is 7.43. The van der Waals surface area contributed by atoms with E-state index in [0.717, 1.165) is 16.9 Å². The molecule has 0 saturated carbocycles. The van der Waals surface area contributed by atoms with Crippen LogP contribution in [0.3, 0.4) is 0 Å². The maximum absolute atomic E-state index is 13.2. The van der Waals surface area contributed by atoms with E-state index in [1.54, 1.807) is 48.9 Å². The molecule has 1 atom stereocenters. The van der Waals surface area contributed by atoms with E-state index in [4.69, 9.17) is 4.74 Å². The standard InChI is InChI=1S/C24H26N2O5S2/c1-17-5-11-20(12-6-17)33(29,30)22(21-4-3-15-32-21)16-26-24(28)23(27)25-14-13-18-7-9-19(31-2)10-8-18/h3-12,15,22H,13-14,16H2,1-2H3,(H,25,27)(H,26,28)/t22-/m1/s1. The van der Waals surface area contributed by atoms with Crippen molar-refractivity contribution < 1.29 is 22.7 Å². The molecule has 3 aromatic rings. The number of ether oxygens (including phenoxy) is 1. The van der Waals surface area contributed by atoms with Crippen LogP contribution in [-0.2, 0) is 25.8 Å². The molecule has 0 unspecified atom stereocenters. The van der Waals surface area contributed by atoms with Gasteiger partial charge in [-0.25, -0.2) is 8.42 Å². The molecule has 1 aromatic heterocycles. The molecule has 0 radical (unpaired) electrons. The van der Waals surface area contributed by atoms with Crippen molar-refractivity contribution in [1.29, 1.82) is 0 Å². The molecule has 0 saturated heterocycles. The number of carbonyl (C=O) groups is 2. The molecule has 33 heavy (non-hydrogen) atoms. The van der Waals surface area contributed by atoms with Crippen LogP contribution in [0.5, 0.6) is 5.75 Å². The van der Waals surface area contributed by atoms with Gasteiger partial charge in [0.25, 0.3) is 0 Å². The summed E-state index contributed by atoms with van der Waals surface area (Å²) in [6.45, 7) is 1.94. The molecule has 0 aliphatic carbocycles. The van der Waals surface area contributed by atoms with E-state index in [2.05, 4.69) is 10.6 Å². The average Bonchev–Trinajstić information content (AvgIpc) is 3.34. The zero-order valence-corrected chi connectivity index (χ0v) is 20.0. The summed E-state index contributed by atoms with van der Waals surface area (Å²) in [7, 11) is -2.18. The molecule has 7 nitrogen and oxygen atoms in total. The first kappa shape index (κ1) is 24.5. The lowest BCUT2D eigenvalue weighted by molar-refractivity contribution is -0.139. The van der Waals surface area contributed by atoms with Gasteiger partial charge in [-0.1, -0.05) is 35.9 Å². The van der Waals surface area contributed by atoms with Gasteiger partial charge in [0, 0.05) is 18.0 Å². The highest BCUT2D eigenvalue weighted by Gasteiger charge is 2.31. The third-order valence-corrected chi connectivity index (χ3v) is 8.33. The van der Waals surface area contributed by atoms with Gasteiger partial charge in [0.05, 0.1) is 12.0 Å².